The molecule has 1 heterocycles. The predicted octanol–water partition coefficient (Wildman–Crippen LogP) is 2.21. The molecule has 1 saturated heterocycles. The van der Waals surface area contributed by atoms with E-state index in [9.17, 15) is 4.79 Å². The highest BCUT2D eigenvalue weighted by Crippen LogP contribution is 2.28. The number of thioether (sulfide) groups is 1. The van der Waals surface area contributed by atoms with Crippen LogP contribution in [0.25, 0.3) is 6.08 Å². The van der Waals surface area contributed by atoms with Crippen molar-refractivity contribution < 1.29 is 9.53 Å². The van der Waals surface area contributed by atoms with Gasteiger partial charge in [-0.1, -0.05) is 18.2 Å². The van der Waals surface area contributed by atoms with E-state index in [1.54, 1.807) is 18.9 Å². The van der Waals surface area contributed by atoms with Crippen molar-refractivity contribution in [3.63, 3.8) is 0 Å². The van der Waals surface area contributed by atoms with Gasteiger partial charge in [-0.2, -0.15) is 0 Å². The van der Waals surface area contributed by atoms with Crippen molar-refractivity contribution in [2.45, 2.75) is 23.8 Å². The van der Waals surface area contributed by atoms with E-state index in [0.29, 0.717) is 6.42 Å². The minimum Gasteiger partial charge on any atom is -0.496 e. The number of nitrogens with one attached hydrogen (secondary N) is 2. The second-order valence-corrected chi connectivity index (χ2v) is 5.16. The first-order chi connectivity index (χ1) is 9.22. The molecule has 2 N–H and O–H groups in total. The normalized spacial score (nSPS) is 19.5. The molecule has 0 radical (unpaired) electrons. The number of benzene rings is 1. The summed E-state index contributed by atoms with van der Waals surface area (Å²) in [7, 11) is 1.68. The zero-order chi connectivity index (χ0) is 13.7. The van der Waals surface area contributed by atoms with Crippen LogP contribution in [-0.2, 0) is 4.79 Å². The van der Waals surface area contributed by atoms with E-state index in [1.807, 2.05) is 18.4 Å². The van der Waals surface area contributed by atoms with Crippen molar-refractivity contribution in [2.24, 2.45) is 0 Å². The van der Waals surface area contributed by atoms with Crippen LogP contribution >= 0.6 is 11.8 Å². The van der Waals surface area contributed by atoms with Gasteiger partial charge < -0.3 is 4.74 Å². The Hall–Kier alpha value is -1.46. The summed E-state index contributed by atoms with van der Waals surface area (Å²) in [5, 5.41) is 0. The summed E-state index contributed by atoms with van der Waals surface area (Å²) in [6, 6.07) is 6.32. The molecule has 102 valence electrons. The minimum atomic E-state index is 0.0515. The topological polar surface area (TPSA) is 50.4 Å². The average Bonchev–Trinajstić information content (AvgIpc) is 2.46. The maximum atomic E-state index is 11.0. The van der Waals surface area contributed by atoms with Crippen LogP contribution in [0.1, 0.15) is 18.4 Å². The third-order valence-electron chi connectivity index (χ3n) is 3.01. The molecule has 2 rings (SSSR count). The maximum absolute atomic E-state index is 11.0. The second-order valence-electron chi connectivity index (χ2n) is 4.31. The molecule has 5 heteroatoms. The number of rotatable bonds is 4. The molecule has 1 atom stereocenters. The van der Waals surface area contributed by atoms with Crippen LogP contribution in [0.3, 0.4) is 0 Å². The lowest BCUT2D eigenvalue weighted by atomic mass is 10.1. The van der Waals surface area contributed by atoms with Gasteiger partial charge in [0.15, 0.2) is 0 Å². The molecule has 0 spiro atoms. The van der Waals surface area contributed by atoms with Crippen molar-refractivity contribution in [1.82, 2.24) is 10.9 Å². The molecule has 1 aliphatic heterocycles. The molecule has 1 amide bonds. The van der Waals surface area contributed by atoms with Gasteiger partial charge in [0.1, 0.15) is 5.75 Å². The van der Waals surface area contributed by atoms with Gasteiger partial charge in [-0.3, -0.25) is 10.2 Å². The molecule has 0 bridgehead atoms. The first-order valence-electron chi connectivity index (χ1n) is 6.17. The first-order valence-corrected chi connectivity index (χ1v) is 7.40. The van der Waals surface area contributed by atoms with Crippen LogP contribution in [0.2, 0.25) is 0 Å². The zero-order valence-corrected chi connectivity index (χ0v) is 11.9. The second kappa shape index (κ2) is 6.63. The zero-order valence-electron chi connectivity index (χ0n) is 11.1. The molecule has 1 aliphatic rings. The number of hydrazine groups is 1. The number of ether oxygens (including phenoxy) is 1. The third-order valence-corrected chi connectivity index (χ3v) is 3.79. The summed E-state index contributed by atoms with van der Waals surface area (Å²) < 4.78 is 5.36. The molecule has 1 aromatic carbocycles. The largest absolute Gasteiger partial charge is 0.496 e. The van der Waals surface area contributed by atoms with E-state index < -0.39 is 0 Å². The van der Waals surface area contributed by atoms with E-state index >= 15 is 0 Å². The van der Waals surface area contributed by atoms with E-state index in [0.717, 1.165) is 22.6 Å². The quantitative estimate of drug-likeness (QED) is 0.829. The van der Waals surface area contributed by atoms with E-state index in [1.165, 1.54) is 0 Å². The van der Waals surface area contributed by atoms with Crippen LogP contribution in [-0.4, -0.2) is 25.3 Å². The standard InChI is InChI=1S/C14H18N2O2S/c1-18-12-9-10(4-7-13(12)19-2)3-5-11-6-8-14(17)16-15-11/h3-5,7,9,11,15H,6,8H2,1-2H3,(H,16,17)/b5-3+. The van der Waals surface area contributed by atoms with Gasteiger partial charge in [-0.05, 0) is 30.4 Å². The van der Waals surface area contributed by atoms with Gasteiger partial charge in [0.2, 0.25) is 5.91 Å². The Morgan fingerprint density at radius 3 is 2.95 bits per heavy atom. The lowest BCUT2D eigenvalue weighted by molar-refractivity contribution is -0.123. The van der Waals surface area contributed by atoms with Crippen LogP contribution < -0.4 is 15.6 Å². The predicted molar refractivity (Wildman–Crippen MR) is 78.1 cm³/mol. The molecule has 0 aliphatic carbocycles. The van der Waals surface area contributed by atoms with Crippen molar-refractivity contribution in [3.05, 3.63) is 29.8 Å². The lowest BCUT2D eigenvalue weighted by Gasteiger charge is -2.20. The van der Waals surface area contributed by atoms with Gasteiger partial charge in [0.05, 0.1) is 7.11 Å². The van der Waals surface area contributed by atoms with Crippen molar-refractivity contribution >= 4 is 23.7 Å². The van der Waals surface area contributed by atoms with E-state index in [2.05, 4.69) is 29.1 Å². The summed E-state index contributed by atoms with van der Waals surface area (Å²) >= 11 is 1.67. The smallest absolute Gasteiger partial charge is 0.234 e. The molecule has 19 heavy (non-hydrogen) atoms. The maximum Gasteiger partial charge on any atom is 0.234 e. The molecular weight excluding hydrogens is 260 g/mol. The Labute approximate surface area is 117 Å². The molecule has 1 aromatic rings. The van der Waals surface area contributed by atoms with Gasteiger partial charge in [-0.15, -0.1) is 11.8 Å². The van der Waals surface area contributed by atoms with Gasteiger partial charge in [0.25, 0.3) is 0 Å². The Balaban J connectivity index is 2.04. The van der Waals surface area contributed by atoms with Crippen LogP contribution in [0.5, 0.6) is 5.75 Å². The number of carbonyl (C=O) groups excluding carboxylic acids is 1. The number of amides is 1. The van der Waals surface area contributed by atoms with Crippen LogP contribution in [0.4, 0.5) is 0 Å². The minimum absolute atomic E-state index is 0.0515. The highest BCUT2D eigenvalue weighted by Gasteiger charge is 2.14. The molecule has 0 aromatic heterocycles. The molecule has 4 nitrogen and oxygen atoms in total. The highest BCUT2D eigenvalue weighted by molar-refractivity contribution is 7.98. The first kappa shape index (κ1) is 14.0. The molecule has 1 unspecified atom stereocenters. The van der Waals surface area contributed by atoms with Crippen molar-refractivity contribution in [3.8, 4) is 5.75 Å². The Kier molecular flexibility index (Phi) is 4.87. The summed E-state index contributed by atoms with van der Waals surface area (Å²) in [4.78, 5) is 12.1. The SMILES string of the molecule is COc1cc(/C=C/C2CCC(=O)NN2)ccc1SC. The number of hydrogen-bond donors (Lipinski definition) is 2. The fourth-order valence-corrected chi connectivity index (χ4v) is 2.47. The van der Waals surface area contributed by atoms with Crippen molar-refractivity contribution in [1.29, 1.82) is 0 Å². The number of methoxy groups -OCH3 is 1. The monoisotopic (exact) mass is 278 g/mol. The molecule has 1 fully saturated rings. The van der Waals surface area contributed by atoms with Crippen molar-refractivity contribution in [2.75, 3.05) is 13.4 Å². The fourth-order valence-electron chi connectivity index (χ4n) is 1.92. The van der Waals surface area contributed by atoms with E-state index in [4.69, 9.17) is 4.74 Å². The third kappa shape index (κ3) is 3.75. The van der Waals surface area contributed by atoms with Gasteiger partial charge >= 0.3 is 0 Å². The Morgan fingerprint density at radius 2 is 2.32 bits per heavy atom. The number of hydrogen-bond acceptors (Lipinski definition) is 4. The Bertz CT molecular complexity index is 478. The highest BCUT2D eigenvalue weighted by atomic mass is 32.2. The van der Waals surface area contributed by atoms with Crippen LogP contribution in [0.15, 0.2) is 29.2 Å². The molecular formula is C14H18N2O2S. The molecule has 0 saturated carbocycles. The summed E-state index contributed by atoms with van der Waals surface area (Å²) in [6.45, 7) is 0. The number of carbonyl (C=O) groups is 1. The summed E-state index contributed by atoms with van der Waals surface area (Å²) in [6.07, 6.45) is 7.52. The average molecular weight is 278 g/mol. The Morgan fingerprint density at radius 1 is 1.47 bits per heavy atom. The van der Waals surface area contributed by atoms with E-state index in [-0.39, 0.29) is 11.9 Å². The fraction of sp³-hybridized carbons (Fsp3) is 0.357. The van der Waals surface area contributed by atoms with Gasteiger partial charge in [0, 0.05) is 17.4 Å². The summed E-state index contributed by atoms with van der Waals surface area (Å²) in [5.74, 6) is 0.940. The summed E-state index contributed by atoms with van der Waals surface area (Å²) in [5.41, 5.74) is 6.70. The lowest BCUT2D eigenvalue weighted by Crippen LogP contribution is -2.48. The van der Waals surface area contributed by atoms with Gasteiger partial charge in [-0.25, -0.2) is 5.43 Å². The van der Waals surface area contributed by atoms with Crippen LogP contribution in [0, 0.1) is 0 Å².